The minimum atomic E-state index is 0.0290. The molecule has 126 valence electrons. The lowest BCUT2D eigenvalue weighted by molar-refractivity contribution is 0.0732. The van der Waals surface area contributed by atoms with Crippen molar-refractivity contribution in [2.45, 2.75) is 31.4 Å². The van der Waals surface area contributed by atoms with Crippen molar-refractivity contribution < 1.29 is 14.3 Å². The highest BCUT2D eigenvalue weighted by atomic mass is 16.5. The maximum absolute atomic E-state index is 12.9. The van der Waals surface area contributed by atoms with Gasteiger partial charge in [0.1, 0.15) is 6.10 Å². The molecule has 0 aliphatic carbocycles. The van der Waals surface area contributed by atoms with E-state index in [0.29, 0.717) is 18.1 Å². The summed E-state index contributed by atoms with van der Waals surface area (Å²) in [5.74, 6) is 0.522. The molecule has 4 heterocycles. The van der Waals surface area contributed by atoms with Crippen LogP contribution in [0.4, 0.5) is 0 Å². The normalized spacial score (nSPS) is 23.6. The number of nitrogens with one attached hydrogen (secondary N) is 1. The molecule has 0 aromatic carbocycles. The Bertz CT molecular complexity index is 695. The number of carbonyl (C=O) groups excluding carboxylic acids is 1. The summed E-state index contributed by atoms with van der Waals surface area (Å²) in [7, 11) is 0. The first-order valence-corrected chi connectivity index (χ1v) is 8.46. The summed E-state index contributed by atoms with van der Waals surface area (Å²) in [6.07, 6.45) is 6.43. The largest absolute Gasteiger partial charge is 0.472 e. The lowest BCUT2D eigenvalue weighted by Gasteiger charge is -2.24. The van der Waals surface area contributed by atoms with Gasteiger partial charge in [0.15, 0.2) is 0 Å². The fourth-order valence-corrected chi connectivity index (χ4v) is 3.43. The van der Waals surface area contributed by atoms with Gasteiger partial charge in [-0.15, -0.1) is 0 Å². The van der Waals surface area contributed by atoms with Gasteiger partial charge in [-0.25, -0.2) is 4.98 Å². The Kier molecular flexibility index (Phi) is 4.21. The van der Waals surface area contributed by atoms with E-state index < -0.39 is 0 Å². The SMILES string of the molecule is O=C(c1ccnc(O[C@H]2CCOC2)c1)N1CCC[C@@H]1c1ccc[nH]1. The Balaban J connectivity index is 1.51. The summed E-state index contributed by atoms with van der Waals surface area (Å²) >= 11 is 0. The lowest BCUT2D eigenvalue weighted by Crippen LogP contribution is -2.30. The molecule has 2 atom stereocenters. The molecule has 0 radical (unpaired) electrons. The average Bonchev–Trinajstić information content (AvgIpc) is 3.35. The fourth-order valence-electron chi connectivity index (χ4n) is 3.43. The van der Waals surface area contributed by atoms with Crippen molar-refractivity contribution in [3.05, 3.63) is 47.9 Å². The number of amides is 1. The van der Waals surface area contributed by atoms with Crippen LogP contribution in [0.15, 0.2) is 36.7 Å². The molecule has 6 heteroatoms. The zero-order chi connectivity index (χ0) is 16.4. The van der Waals surface area contributed by atoms with Crippen molar-refractivity contribution in [3.8, 4) is 5.88 Å². The molecule has 2 aromatic heterocycles. The predicted molar refractivity (Wildman–Crippen MR) is 87.9 cm³/mol. The van der Waals surface area contributed by atoms with Gasteiger partial charge in [-0.2, -0.15) is 0 Å². The zero-order valence-electron chi connectivity index (χ0n) is 13.5. The molecule has 2 aliphatic rings. The van der Waals surface area contributed by atoms with Crippen LogP contribution < -0.4 is 4.74 Å². The Hall–Kier alpha value is -2.34. The summed E-state index contributed by atoms with van der Waals surface area (Å²) in [5.41, 5.74) is 1.71. The van der Waals surface area contributed by atoms with Gasteiger partial charge >= 0.3 is 0 Å². The summed E-state index contributed by atoms with van der Waals surface area (Å²) in [4.78, 5) is 22.3. The van der Waals surface area contributed by atoms with Gasteiger partial charge in [-0.1, -0.05) is 0 Å². The second-order valence-electron chi connectivity index (χ2n) is 6.27. The van der Waals surface area contributed by atoms with E-state index in [1.165, 1.54) is 0 Å². The summed E-state index contributed by atoms with van der Waals surface area (Å²) < 4.78 is 11.1. The number of aromatic nitrogens is 2. The molecule has 6 nitrogen and oxygen atoms in total. The standard InChI is InChI=1S/C18H21N3O3/c22-18(21-9-2-4-16(21)15-3-1-7-19-15)13-5-8-20-17(11-13)24-14-6-10-23-12-14/h1,3,5,7-8,11,14,16,19H,2,4,6,9-10,12H2/t14-,16+/m0/s1. The van der Waals surface area contributed by atoms with Crippen LogP contribution in [0.5, 0.6) is 5.88 Å². The molecule has 1 amide bonds. The van der Waals surface area contributed by atoms with Gasteiger partial charge in [0.2, 0.25) is 5.88 Å². The minimum Gasteiger partial charge on any atom is -0.472 e. The Labute approximate surface area is 140 Å². The van der Waals surface area contributed by atoms with Crippen LogP contribution in [-0.4, -0.2) is 46.6 Å². The van der Waals surface area contributed by atoms with E-state index >= 15 is 0 Å². The predicted octanol–water partition coefficient (Wildman–Crippen LogP) is 2.55. The van der Waals surface area contributed by atoms with Crippen molar-refractivity contribution in [2.24, 2.45) is 0 Å². The van der Waals surface area contributed by atoms with Crippen LogP contribution in [0, 0.1) is 0 Å². The van der Waals surface area contributed by atoms with Crippen molar-refractivity contribution in [1.29, 1.82) is 0 Å². The molecule has 2 aromatic rings. The second-order valence-corrected chi connectivity index (χ2v) is 6.27. The molecule has 2 fully saturated rings. The van der Waals surface area contributed by atoms with E-state index in [1.807, 2.05) is 23.2 Å². The number of likely N-dealkylation sites (tertiary alicyclic amines) is 1. The molecular formula is C18H21N3O3. The van der Waals surface area contributed by atoms with Crippen LogP contribution in [0.1, 0.15) is 41.4 Å². The molecule has 0 bridgehead atoms. The third-order valence-corrected chi connectivity index (χ3v) is 4.65. The number of carbonyl (C=O) groups is 1. The van der Waals surface area contributed by atoms with E-state index in [2.05, 4.69) is 9.97 Å². The highest BCUT2D eigenvalue weighted by Crippen LogP contribution is 2.32. The lowest BCUT2D eigenvalue weighted by atomic mass is 10.1. The minimum absolute atomic E-state index is 0.0290. The first-order chi connectivity index (χ1) is 11.8. The molecule has 0 saturated carbocycles. The van der Waals surface area contributed by atoms with Gasteiger partial charge in [0.05, 0.1) is 19.3 Å². The molecular weight excluding hydrogens is 306 g/mol. The number of H-pyrrole nitrogens is 1. The first kappa shape index (κ1) is 15.2. The highest BCUT2D eigenvalue weighted by molar-refractivity contribution is 5.94. The Morgan fingerprint density at radius 3 is 3.12 bits per heavy atom. The van der Waals surface area contributed by atoms with Gasteiger partial charge in [0, 0.05) is 42.7 Å². The Morgan fingerprint density at radius 1 is 1.38 bits per heavy atom. The smallest absolute Gasteiger partial charge is 0.254 e. The molecule has 2 saturated heterocycles. The van der Waals surface area contributed by atoms with Crippen molar-refractivity contribution in [1.82, 2.24) is 14.9 Å². The van der Waals surface area contributed by atoms with E-state index in [-0.39, 0.29) is 18.1 Å². The van der Waals surface area contributed by atoms with Crippen LogP contribution in [-0.2, 0) is 4.74 Å². The maximum Gasteiger partial charge on any atom is 0.254 e. The number of hydrogen-bond donors (Lipinski definition) is 1. The topological polar surface area (TPSA) is 67.5 Å². The van der Waals surface area contributed by atoms with E-state index in [9.17, 15) is 4.79 Å². The molecule has 1 N–H and O–H groups in total. The maximum atomic E-state index is 12.9. The van der Waals surface area contributed by atoms with Crippen molar-refractivity contribution in [2.75, 3.05) is 19.8 Å². The molecule has 4 rings (SSSR count). The summed E-state index contributed by atoms with van der Waals surface area (Å²) in [6.45, 7) is 2.08. The van der Waals surface area contributed by atoms with Crippen LogP contribution in [0.2, 0.25) is 0 Å². The third-order valence-electron chi connectivity index (χ3n) is 4.65. The highest BCUT2D eigenvalue weighted by Gasteiger charge is 2.31. The fraction of sp³-hybridized carbons (Fsp3) is 0.444. The monoisotopic (exact) mass is 327 g/mol. The van der Waals surface area contributed by atoms with E-state index in [0.717, 1.165) is 38.1 Å². The molecule has 0 unspecified atom stereocenters. The molecule has 2 aliphatic heterocycles. The van der Waals surface area contributed by atoms with Crippen molar-refractivity contribution in [3.63, 3.8) is 0 Å². The molecule has 24 heavy (non-hydrogen) atoms. The second kappa shape index (κ2) is 6.65. The summed E-state index contributed by atoms with van der Waals surface area (Å²) in [6, 6.07) is 7.62. The number of ether oxygens (including phenoxy) is 2. The third kappa shape index (κ3) is 3.01. The van der Waals surface area contributed by atoms with Crippen molar-refractivity contribution >= 4 is 5.91 Å². The number of pyridine rings is 1. The van der Waals surface area contributed by atoms with Gasteiger partial charge < -0.3 is 19.4 Å². The van der Waals surface area contributed by atoms with Gasteiger partial charge in [-0.05, 0) is 31.0 Å². The van der Waals surface area contributed by atoms with Crippen LogP contribution >= 0.6 is 0 Å². The van der Waals surface area contributed by atoms with Crippen LogP contribution in [0.25, 0.3) is 0 Å². The van der Waals surface area contributed by atoms with E-state index in [4.69, 9.17) is 9.47 Å². The zero-order valence-corrected chi connectivity index (χ0v) is 13.5. The number of nitrogens with zero attached hydrogens (tertiary/aromatic N) is 2. The van der Waals surface area contributed by atoms with Crippen LogP contribution in [0.3, 0.4) is 0 Å². The number of aromatic amines is 1. The quantitative estimate of drug-likeness (QED) is 0.937. The van der Waals surface area contributed by atoms with Gasteiger partial charge in [-0.3, -0.25) is 4.79 Å². The summed E-state index contributed by atoms with van der Waals surface area (Å²) in [5, 5.41) is 0. The van der Waals surface area contributed by atoms with Gasteiger partial charge in [0.25, 0.3) is 5.91 Å². The Morgan fingerprint density at radius 2 is 2.33 bits per heavy atom. The first-order valence-electron chi connectivity index (χ1n) is 8.46. The average molecular weight is 327 g/mol. The van der Waals surface area contributed by atoms with E-state index in [1.54, 1.807) is 18.3 Å². The number of hydrogen-bond acceptors (Lipinski definition) is 4. The number of rotatable bonds is 4. The molecule has 0 spiro atoms.